The van der Waals surface area contributed by atoms with Crippen molar-refractivity contribution in [1.82, 2.24) is 15.1 Å². The van der Waals surface area contributed by atoms with Gasteiger partial charge in [-0.1, -0.05) is 12.1 Å². The maximum atomic E-state index is 13.5. The van der Waals surface area contributed by atoms with Crippen LogP contribution in [0.2, 0.25) is 0 Å². The standard InChI is InChI=1S/C30H36FN5O4/c1-2-40-28(37)20-35-14-16-36(17-15-35)30(39)25(29(38)34-24-11-5-21(19-32)6-12-24)4-3-13-33-27-18-26(27)22-7-9-23(31)10-8-22/h5-12,25-27,33H,2-4,13-18,20H2,1H3,(H,34,38)/t25-,26-,27+/m0/s1. The molecule has 40 heavy (non-hydrogen) atoms. The molecule has 1 saturated heterocycles. The number of piperazine rings is 1. The van der Waals surface area contributed by atoms with Crippen LogP contribution in [0, 0.1) is 23.1 Å². The van der Waals surface area contributed by atoms with Gasteiger partial charge in [-0.3, -0.25) is 19.3 Å². The van der Waals surface area contributed by atoms with Gasteiger partial charge in [0.1, 0.15) is 11.7 Å². The molecule has 1 heterocycles. The van der Waals surface area contributed by atoms with Crippen LogP contribution in [-0.4, -0.2) is 79.5 Å². The van der Waals surface area contributed by atoms with Crippen molar-refractivity contribution in [3.8, 4) is 6.07 Å². The minimum absolute atomic E-state index is 0.185. The molecule has 1 aliphatic carbocycles. The number of amides is 2. The van der Waals surface area contributed by atoms with Gasteiger partial charge in [0, 0.05) is 43.8 Å². The Hall–Kier alpha value is -3.81. The summed E-state index contributed by atoms with van der Waals surface area (Å²) in [6, 6.07) is 15.5. The third-order valence-electron chi connectivity index (χ3n) is 7.40. The van der Waals surface area contributed by atoms with Gasteiger partial charge in [-0.15, -0.1) is 0 Å². The number of ether oxygens (including phenoxy) is 1. The Morgan fingerprint density at radius 1 is 1.07 bits per heavy atom. The molecule has 2 N–H and O–H groups in total. The highest BCUT2D eigenvalue weighted by molar-refractivity contribution is 6.06. The first-order chi connectivity index (χ1) is 19.4. The van der Waals surface area contributed by atoms with E-state index in [1.807, 2.05) is 23.1 Å². The summed E-state index contributed by atoms with van der Waals surface area (Å²) in [5.41, 5.74) is 2.12. The Labute approximate surface area is 234 Å². The third-order valence-corrected chi connectivity index (χ3v) is 7.40. The van der Waals surface area contributed by atoms with Gasteiger partial charge in [-0.25, -0.2) is 4.39 Å². The molecule has 4 rings (SSSR count). The summed E-state index contributed by atoms with van der Waals surface area (Å²) in [4.78, 5) is 42.3. The normalized spacial score (nSPS) is 19.4. The van der Waals surface area contributed by atoms with Crippen LogP contribution in [0.3, 0.4) is 0 Å². The zero-order valence-electron chi connectivity index (χ0n) is 22.8. The second-order valence-corrected chi connectivity index (χ2v) is 10.2. The highest BCUT2D eigenvalue weighted by atomic mass is 19.1. The van der Waals surface area contributed by atoms with Crippen molar-refractivity contribution in [2.24, 2.45) is 5.92 Å². The van der Waals surface area contributed by atoms with Gasteiger partial charge in [0.25, 0.3) is 0 Å². The van der Waals surface area contributed by atoms with E-state index in [1.165, 1.54) is 12.1 Å². The Morgan fingerprint density at radius 2 is 1.77 bits per heavy atom. The first-order valence-electron chi connectivity index (χ1n) is 13.8. The molecule has 2 aromatic carbocycles. The molecule has 0 radical (unpaired) electrons. The van der Waals surface area contributed by atoms with Crippen LogP contribution in [0.5, 0.6) is 0 Å². The van der Waals surface area contributed by atoms with E-state index in [-0.39, 0.29) is 30.1 Å². The van der Waals surface area contributed by atoms with Crippen LogP contribution in [0.25, 0.3) is 0 Å². The molecule has 1 aliphatic heterocycles. The number of halogens is 1. The van der Waals surface area contributed by atoms with E-state index in [9.17, 15) is 18.8 Å². The van der Waals surface area contributed by atoms with Gasteiger partial charge < -0.3 is 20.3 Å². The molecule has 9 nitrogen and oxygen atoms in total. The lowest BCUT2D eigenvalue weighted by Gasteiger charge is -2.35. The Morgan fingerprint density at radius 3 is 2.42 bits per heavy atom. The summed E-state index contributed by atoms with van der Waals surface area (Å²) in [6.45, 7) is 4.85. The van der Waals surface area contributed by atoms with Crippen molar-refractivity contribution < 1.29 is 23.5 Å². The van der Waals surface area contributed by atoms with Crippen LogP contribution >= 0.6 is 0 Å². The Balaban J connectivity index is 1.31. The van der Waals surface area contributed by atoms with Gasteiger partial charge in [0.15, 0.2) is 0 Å². The number of carbonyl (C=O) groups is 3. The fourth-order valence-corrected chi connectivity index (χ4v) is 5.05. The average Bonchev–Trinajstić information content (AvgIpc) is 3.73. The van der Waals surface area contributed by atoms with Crippen LogP contribution in [0.4, 0.5) is 10.1 Å². The molecule has 10 heteroatoms. The van der Waals surface area contributed by atoms with E-state index in [2.05, 4.69) is 10.6 Å². The lowest BCUT2D eigenvalue weighted by atomic mass is 9.99. The lowest BCUT2D eigenvalue weighted by Crippen LogP contribution is -2.52. The molecule has 2 aromatic rings. The second kappa shape index (κ2) is 14.0. The monoisotopic (exact) mass is 549 g/mol. The van der Waals surface area contributed by atoms with Crippen molar-refractivity contribution in [2.75, 3.05) is 51.2 Å². The summed E-state index contributed by atoms with van der Waals surface area (Å²) in [7, 11) is 0. The largest absolute Gasteiger partial charge is 0.465 e. The van der Waals surface area contributed by atoms with Crippen molar-refractivity contribution in [3.63, 3.8) is 0 Å². The zero-order chi connectivity index (χ0) is 28.5. The summed E-state index contributed by atoms with van der Waals surface area (Å²) in [5.74, 6) is -1.64. The van der Waals surface area contributed by atoms with E-state index in [0.29, 0.717) is 75.4 Å². The molecule has 0 unspecified atom stereocenters. The predicted molar refractivity (Wildman–Crippen MR) is 148 cm³/mol. The molecular weight excluding hydrogens is 513 g/mol. The Bertz CT molecular complexity index is 1210. The summed E-state index contributed by atoms with van der Waals surface area (Å²) < 4.78 is 18.2. The molecular formula is C30H36FN5O4. The average molecular weight is 550 g/mol. The van der Waals surface area contributed by atoms with Gasteiger partial charge >= 0.3 is 5.97 Å². The molecule has 0 aromatic heterocycles. The predicted octanol–water partition coefficient (Wildman–Crippen LogP) is 2.89. The molecule has 212 valence electrons. The maximum absolute atomic E-state index is 13.5. The number of nitrogens with one attached hydrogen (secondary N) is 2. The molecule has 0 bridgehead atoms. The number of rotatable bonds is 12. The second-order valence-electron chi connectivity index (χ2n) is 10.2. The molecule has 2 aliphatic rings. The number of nitriles is 1. The third kappa shape index (κ3) is 8.10. The van der Waals surface area contributed by atoms with Crippen LogP contribution in [-0.2, 0) is 19.1 Å². The van der Waals surface area contributed by atoms with E-state index in [4.69, 9.17) is 10.00 Å². The first kappa shape index (κ1) is 29.2. The highest BCUT2D eigenvalue weighted by Gasteiger charge is 2.38. The summed E-state index contributed by atoms with van der Waals surface area (Å²) >= 11 is 0. The number of carbonyl (C=O) groups excluding carboxylic acids is 3. The van der Waals surface area contributed by atoms with Crippen LogP contribution in [0.15, 0.2) is 48.5 Å². The number of anilines is 1. The highest BCUT2D eigenvalue weighted by Crippen LogP contribution is 2.40. The lowest BCUT2D eigenvalue weighted by molar-refractivity contribution is -0.145. The number of benzene rings is 2. The number of nitrogens with zero attached hydrogens (tertiary/aromatic N) is 3. The quantitative estimate of drug-likeness (QED) is 0.238. The smallest absolute Gasteiger partial charge is 0.320 e. The fraction of sp³-hybridized carbons (Fsp3) is 0.467. The van der Waals surface area contributed by atoms with Crippen molar-refractivity contribution in [2.45, 2.75) is 38.1 Å². The van der Waals surface area contributed by atoms with Gasteiger partial charge in [0.05, 0.1) is 24.8 Å². The van der Waals surface area contributed by atoms with Gasteiger partial charge in [-0.05, 0) is 74.7 Å². The van der Waals surface area contributed by atoms with E-state index < -0.39 is 5.92 Å². The molecule has 3 atom stereocenters. The Kier molecular flexibility index (Phi) is 10.2. The first-order valence-corrected chi connectivity index (χ1v) is 13.8. The van der Waals surface area contributed by atoms with E-state index in [0.717, 1.165) is 12.0 Å². The SMILES string of the molecule is CCOC(=O)CN1CCN(C(=O)[C@@H](CCCN[C@@H]2C[C@H]2c2ccc(F)cc2)C(=O)Nc2ccc(C#N)cc2)CC1. The molecule has 2 amide bonds. The zero-order valence-corrected chi connectivity index (χ0v) is 22.8. The van der Waals surface area contributed by atoms with Crippen molar-refractivity contribution in [3.05, 3.63) is 65.5 Å². The van der Waals surface area contributed by atoms with Crippen molar-refractivity contribution in [1.29, 1.82) is 5.26 Å². The maximum Gasteiger partial charge on any atom is 0.320 e. The minimum atomic E-state index is -0.860. The molecule has 2 fully saturated rings. The number of hydrogen-bond acceptors (Lipinski definition) is 7. The van der Waals surface area contributed by atoms with Gasteiger partial charge in [0.2, 0.25) is 11.8 Å². The number of hydrogen-bond donors (Lipinski definition) is 2. The van der Waals surface area contributed by atoms with Crippen LogP contribution < -0.4 is 10.6 Å². The van der Waals surface area contributed by atoms with E-state index >= 15 is 0 Å². The topological polar surface area (TPSA) is 115 Å². The van der Waals surface area contributed by atoms with E-state index in [1.54, 1.807) is 36.1 Å². The van der Waals surface area contributed by atoms with Gasteiger partial charge in [-0.2, -0.15) is 5.26 Å². The minimum Gasteiger partial charge on any atom is -0.465 e. The molecule has 1 saturated carbocycles. The number of esters is 1. The fourth-order valence-electron chi connectivity index (χ4n) is 5.05. The summed E-state index contributed by atoms with van der Waals surface area (Å²) in [5, 5.41) is 15.4. The molecule has 0 spiro atoms. The summed E-state index contributed by atoms with van der Waals surface area (Å²) in [6.07, 6.45) is 1.99. The van der Waals surface area contributed by atoms with Crippen LogP contribution in [0.1, 0.15) is 43.2 Å². The van der Waals surface area contributed by atoms with Crippen molar-refractivity contribution >= 4 is 23.5 Å².